The first-order valence-electron chi connectivity index (χ1n) is 7.39. The van der Waals surface area contributed by atoms with Crippen LogP contribution in [-0.2, 0) is 0 Å². The van der Waals surface area contributed by atoms with Crippen LogP contribution in [-0.4, -0.2) is 9.55 Å². The normalized spacial score (nSPS) is 27.6. The molecule has 0 amide bonds. The number of aromatic nitrogens is 2. The third-order valence-corrected chi connectivity index (χ3v) is 4.92. The maximum absolute atomic E-state index is 9.06. The van der Waals surface area contributed by atoms with Crippen molar-refractivity contribution < 1.29 is 0 Å². The summed E-state index contributed by atoms with van der Waals surface area (Å²) in [5, 5.41) is 9.06. The summed E-state index contributed by atoms with van der Waals surface area (Å²) in [6.07, 6.45) is 8.33. The maximum atomic E-state index is 9.06. The van der Waals surface area contributed by atoms with Crippen molar-refractivity contribution in [3.63, 3.8) is 0 Å². The van der Waals surface area contributed by atoms with Gasteiger partial charge in [0.1, 0.15) is 0 Å². The van der Waals surface area contributed by atoms with Gasteiger partial charge < -0.3 is 4.57 Å². The number of fused-ring (bicyclic) bond motifs is 3. The predicted octanol–water partition coefficient (Wildman–Crippen LogP) is 3.78. The predicted molar refractivity (Wildman–Crippen MR) is 76.9 cm³/mol. The maximum Gasteiger partial charge on any atom is 0.0956 e. The van der Waals surface area contributed by atoms with E-state index in [4.69, 9.17) is 5.26 Å². The zero-order chi connectivity index (χ0) is 13.5. The van der Waals surface area contributed by atoms with Gasteiger partial charge in [-0.1, -0.05) is 24.3 Å². The Kier molecular flexibility index (Phi) is 2.63. The van der Waals surface area contributed by atoms with Gasteiger partial charge in [0.25, 0.3) is 0 Å². The van der Waals surface area contributed by atoms with Crippen molar-refractivity contribution in [2.45, 2.75) is 31.7 Å². The van der Waals surface area contributed by atoms with Gasteiger partial charge in [0, 0.05) is 11.5 Å². The lowest BCUT2D eigenvalue weighted by atomic mass is 9.77. The van der Waals surface area contributed by atoms with Crippen LogP contribution in [0.25, 0.3) is 11.3 Å². The number of nitriles is 1. The van der Waals surface area contributed by atoms with Crippen LogP contribution in [0.5, 0.6) is 0 Å². The van der Waals surface area contributed by atoms with E-state index in [1.165, 1.54) is 16.8 Å². The van der Waals surface area contributed by atoms with Gasteiger partial charge in [0.2, 0.25) is 0 Å². The van der Waals surface area contributed by atoms with Gasteiger partial charge in [-0.05, 0) is 37.2 Å². The van der Waals surface area contributed by atoms with Gasteiger partial charge in [-0.15, -0.1) is 0 Å². The van der Waals surface area contributed by atoms with Crippen LogP contribution in [0.15, 0.2) is 36.8 Å². The molecule has 1 aromatic heterocycles. The van der Waals surface area contributed by atoms with Crippen molar-refractivity contribution in [3.05, 3.63) is 42.4 Å². The molecule has 0 saturated heterocycles. The zero-order valence-electron chi connectivity index (χ0n) is 11.4. The fourth-order valence-electron chi connectivity index (χ4n) is 3.92. The molecule has 100 valence electrons. The average molecular weight is 263 g/mol. The van der Waals surface area contributed by atoms with E-state index in [1.54, 1.807) is 0 Å². The van der Waals surface area contributed by atoms with Crippen molar-refractivity contribution in [2.24, 2.45) is 11.8 Å². The Labute approximate surface area is 118 Å². The minimum atomic E-state index is 0.269. The minimum Gasteiger partial charge on any atom is -0.323 e. The Morgan fingerprint density at radius 3 is 2.75 bits per heavy atom. The lowest BCUT2D eigenvalue weighted by molar-refractivity contribution is 0.257. The van der Waals surface area contributed by atoms with Crippen LogP contribution < -0.4 is 0 Å². The van der Waals surface area contributed by atoms with Gasteiger partial charge >= 0.3 is 0 Å². The van der Waals surface area contributed by atoms with E-state index < -0.39 is 0 Å². The van der Waals surface area contributed by atoms with E-state index in [2.05, 4.69) is 39.9 Å². The molecule has 0 radical (unpaired) electrons. The zero-order valence-corrected chi connectivity index (χ0v) is 11.4. The second-order valence-corrected chi connectivity index (χ2v) is 5.96. The Morgan fingerprint density at radius 1 is 1.15 bits per heavy atom. The number of nitrogens with zero attached hydrogens (tertiary/aromatic N) is 3. The number of benzene rings is 1. The molecule has 2 aromatic rings. The van der Waals surface area contributed by atoms with Gasteiger partial charge in [0.05, 0.1) is 30.3 Å². The smallest absolute Gasteiger partial charge is 0.0956 e. The highest BCUT2D eigenvalue weighted by molar-refractivity contribution is 5.69. The fraction of sp³-hybridized carbons (Fsp3) is 0.412. The van der Waals surface area contributed by atoms with Gasteiger partial charge in [-0.25, -0.2) is 4.98 Å². The molecule has 2 heterocycles. The second-order valence-electron chi connectivity index (χ2n) is 5.96. The van der Waals surface area contributed by atoms with Crippen molar-refractivity contribution in [3.8, 4) is 17.3 Å². The van der Waals surface area contributed by atoms with Crippen LogP contribution in [0.2, 0.25) is 0 Å². The van der Waals surface area contributed by atoms with Crippen LogP contribution >= 0.6 is 0 Å². The van der Waals surface area contributed by atoms with Gasteiger partial charge in [0.15, 0.2) is 0 Å². The average Bonchev–Trinajstić information content (AvgIpc) is 3.08. The van der Waals surface area contributed by atoms with E-state index in [0.29, 0.717) is 12.0 Å². The molecule has 1 aliphatic heterocycles. The summed E-state index contributed by atoms with van der Waals surface area (Å²) in [5.74, 6) is 0.904. The quantitative estimate of drug-likeness (QED) is 0.785. The van der Waals surface area contributed by atoms with Gasteiger partial charge in [-0.2, -0.15) is 5.26 Å². The van der Waals surface area contributed by atoms with Crippen LogP contribution in [0, 0.1) is 23.2 Å². The molecule has 0 bridgehead atoms. The lowest BCUT2D eigenvalue weighted by Crippen LogP contribution is -2.22. The van der Waals surface area contributed by atoms with Gasteiger partial charge in [-0.3, -0.25) is 0 Å². The standard InChI is InChI=1S/C17H17N3/c18-9-12-5-7-13(8-6-12)17-15-4-2-1-3-14(15)16-10-19-11-20(16)17/h1-4,10-13,17H,5-8H2. The number of rotatable bonds is 1. The molecule has 2 aliphatic rings. The Bertz CT molecular complexity index is 672. The molecule has 4 rings (SSSR count). The summed E-state index contributed by atoms with van der Waals surface area (Å²) < 4.78 is 2.34. The molecule has 1 fully saturated rings. The molecule has 1 aliphatic carbocycles. The molecule has 1 unspecified atom stereocenters. The highest BCUT2D eigenvalue weighted by atomic mass is 15.1. The molecule has 1 saturated carbocycles. The Balaban J connectivity index is 1.71. The molecular weight excluding hydrogens is 246 g/mol. The largest absolute Gasteiger partial charge is 0.323 e. The number of hydrogen-bond acceptors (Lipinski definition) is 2. The summed E-state index contributed by atoms with van der Waals surface area (Å²) in [6, 6.07) is 11.5. The number of hydrogen-bond donors (Lipinski definition) is 0. The van der Waals surface area contributed by atoms with E-state index in [-0.39, 0.29) is 5.92 Å². The van der Waals surface area contributed by atoms with E-state index in [9.17, 15) is 0 Å². The SMILES string of the molecule is N#CC1CCC(C2c3ccccc3-c3cncn32)CC1. The van der Waals surface area contributed by atoms with Crippen molar-refractivity contribution in [2.75, 3.05) is 0 Å². The highest BCUT2D eigenvalue weighted by Gasteiger charge is 2.35. The first-order chi connectivity index (χ1) is 9.88. The molecular formula is C17H17N3. The molecule has 3 heteroatoms. The minimum absolute atomic E-state index is 0.269. The Hall–Kier alpha value is -2.08. The van der Waals surface area contributed by atoms with Crippen molar-refractivity contribution in [1.82, 2.24) is 9.55 Å². The first-order valence-corrected chi connectivity index (χ1v) is 7.39. The second kappa shape index (κ2) is 4.49. The lowest BCUT2D eigenvalue weighted by Gasteiger charge is -2.31. The molecule has 3 nitrogen and oxygen atoms in total. The Morgan fingerprint density at radius 2 is 1.95 bits per heavy atom. The molecule has 0 spiro atoms. The molecule has 20 heavy (non-hydrogen) atoms. The van der Waals surface area contributed by atoms with E-state index in [1.807, 2.05) is 12.5 Å². The topological polar surface area (TPSA) is 41.6 Å². The van der Waals surface area contributed by atoms with Crippen LogP contribution in [0.1, 0.15) is 37.3 Å². The molecule has 0 N–H and O–H groups in total. The first kappa shape index (κ1) is 11.7. The monoisotopic (exact) mass is 263 g/mol. The van der Waals surface area contributed by atoms with Crippen molar-refractivity contribution >= 4 is 0 Å². The molecule has 1 aromatic carbocycles. The van der Waals surface area contributed by atoms with Crippen LogP contribution in [0.4, 0.5) is 0 Å². The van der Waals surface area contributed by atoms with Crippen molar-refractivity contribution in [1.29, 1.82) is 5.26 Å². The summed E-state index contributed by atoms with van der Waals surface area (Å²) in [4.78, 5) is 4.33. The number of imidazole rings is 1. The summed E-state index contributed by atoms with van der Waals surface area (Å²) in [7, 11) is 0. The third-order valence-electron chi connectivity index (χ3n) is 4.92. The van der Waals surface area contributed by atoms with Crippen LogP contribution in [0.3, 0.4) is 0 Å². The van der Waals surface area contributed by atoms with E-state index in [0.717, 1.165) is 25.7 Å². The fourth-order valence-corrected chi connectivity index (χ4v) is 3.92. The summed E-state index contributed by atoms with van der Waals surface area (Å²) in [6.45, 7) is 0. The summed E-state index contributed by atoms with van der Waals surface area (Å²) >= 11 is 0. The molecule has 1 atom stereocenters. The summed E-state index contributed by atoms with van der Waals surface area (Å²) in [5.41, 5.74) is 4.01. The van der Waals surface area contributed by atoms with E-state index >= 15 is 0 Å². The highest BCUT2D eigenvalue weighted by Crippen LogP contribution is 2.47. The third kappa shape index (κ3) is 1.61.